The Labute approximate surface area is 148 Å². The number of nitrogens with zero attached hydrogens (tertiary/aromatic N) is 1. The summed E-state index contributed by atoms with van der Waals surface area (Å²) in [6.45, 7) is 2.51. The number of aryl methyl sites for hydroxylation is 1. The molecule has 0 bridgehead atoms. The van der Waals surface area contributed by atoms with Crippen LogP contribution in [-0.4, -0.2) is 23.5 Å². The lowest BCUT2D eigenvalue weighted by Crippen LogP contribution is -2.38. The maximum absolute atomic E-state index is 12.3. The average molecular weight is 336 g/mol. The van der Waals surface area contributed by atoms with Crippen molar-refractivity contribution in [1.82, 2.24) is 10.3 Å². The average Bonchev–Trinajstić information content (AvgIpc) is 3.34. The first-order chi connectivity index (χ1) is 12.2. The number of carbonyl (C=O) groups excluding carboxylic acids is 1. The second-order valence-corrected chi connectivity index (χ2v) is 7.26. The van der Waals surface area contributed by atoms with Crippen LogP contribution in [0.5, 0.6) is 5.75 Å². The normalized spacial score (nSPS) is 25.1. The fourth-order valence-electron chi connectivity index (χ4n) is 4.28. The van der Waals surface area contributed by atoms with Gasteiger partial charge in [-0.15, -0.1) is 0 Å². The number of rotatable bonds is 5. The van der Waals surface area contributed by atoms with Crippen molar-refractivity contribution >= 4 is 5.91 Å². The van der Waals surface area contributed by atoms with E-state index in [0.717, 1.165) is 6.54 Å². The van der Waals surface area contributed by atoms with E-state index in [1.165, 1.54) is 36.8 Å². The van der Waals surface area contributed by atoms with Crippen molar-refractivity contribution in [2.45, 2.75) is 44.1 Å². The van der Waals surface area contributed by atoms with E-state index in [2.05, 4.69) is 34.6 Å². The topological polar surface area (TPSA) is 51.2 Å². The number of fused-ring (bicyclic) bond motifs is 2. The van der Waals surface area contributed by atoms with Gasteiger partial charge in [-0.25, -0.2) is 0 Å². The van der Waals surface area contributed by atoms with Gasteiger partial charge in [-0.1, -0.05) is 24.3 Å². The molecule has 1 saturated carbocycles. The summed E-state index contributed by atoms with van der Waals surface area (Å²) >= 11 is 0. The Morgan fingerprint density at radius 2 is 2.24 bits per heavy atom. The van der Waals surface area contributed by atoms with Gasteiger partial charge in [-0.2, -0.15) is 0 Å². The van der Waals surface area contributed by atoms with Crippen LogP contribution < -0.4 is 10.1 Å². The minimum Gasteiger partial charge on any atom is -0.479 e. The van der Waals surface area contributed by atoms with Gasteiger partial charge in [-0.05, 0) is 61.8 Å². The van der Waals surface area contributed by atoms with E-state index in [-0.39, 0.29) is 5.91 Å². The molecule has 1 aromatic carbocycles. The minimum absolute atomic E-state index is 0.0602. The van der Waals surface area contributed by atoms with E-state index in [1.54, 1.807) is 25.4 Å². The molecule has 0 saturated heterocycles. The third-order valence-electron chi connectivity index (χ3n) is 5.69. The molecule has 25 heavy (non-hydrogen) atoms. The molecule has 0 unspecified atom stereocenters. The predicted octanol–water partition coefficient (Wildman–Crippen LogP) is 3.26. The zero-order valence-electron chi connectivity index (χ0n) is 14.6. The smallest absolute Gasteiger partial charge is 0.260 e. The van der Waals surface area contributed by atoms with E-state index in [4.69, 9.17) is 4.74 Å². The lowest BCUT2D eigenvalue weighted by molar-refractivity contribution is -0.127. The molecule has 130 valence electrons. The highest BCUT2D eigenvalue weighted by molar-refractivity contribution is 5.80. The highest BCUT2D eigenvalue weighted by atomic mass is 16.5. The Balaban J connectivity index is 1.34. The summed E-state index contributed by atoms with van der Waals surface area (Å²) in [5.41, 5.74) is 3.31. The van der Waals surface area contributed by atoms with Crippen molar-refractivity contribution in [2.75, 3.05) is 6.54 Å². The lowest BCUT2D eigenvalue weighted by atomic mass is 9.78. The summed E-state index contributed by atoms with van der Waals surface area (Å²) in [4.78, 5) is 16.3. The highest BCUT2D eigenvalue weighted by Crippen LogP contribution is 2.59. The molecule has 4 nitrogen and oxygen atoms in total. The van der Waals surface area contributed by atoms with E-state index in [0.29, 0.717) is 17.1 Å². The number of amides is 1. The highest BCUT2D eigenvalue weighted by Gasteiger charge is 2.56. The predicted molar refractivity (Wildman–Crippen MR) is 96.5 cm³/mol. The summed E-state index contributed by atoms with van der Waals surface area (Å²) in [6.07, 6.45) is 7.66. The third-order valence-corrected chi connectivity index (χ3v) is 5.69. The first-order valence-corrected chi connectivity index (χ1v) is 9.12. The van der Waals surface area contributed by atoms with Crippen molar-refractivity contribution in [3.63, 3.8) is 0 Å². The standard InChI is InChI=1S/C21H24N2O2/c1-15(25-18-8-5-11-22-14-18)20(24)23-13-17-12-21(17)10-4-7-16-6-2-3-9-19(16)21/h2-3,5-6,8-9,11,14-15,17H,4,7,10,12-13H2,1H3,(H,23,24)/t15-,17+,21-/m0/s1. The summed E-state index contributed by atoms with van der Waals surface area (Å²) in [5, 5.41) is 3.08. The number of pyridine rings is 1. The molecule has 1 aromatic heterocycles. The fourth-order valence-corrected chi connectivity index (χ4v) is 4.28. The first kappa shape index (κ1) is 16.1. The molecule has 2 aromatic rings. The van der Waals surface area contributed by atoms with Gasteiger partial charge >= 0.3 is 0 Å². The number of benzene rings is 1. The second-order valence-electron chi connectivity index (χ2n) is 7.26. The number of hydrogen-bond donors (Lipinski definition) is 1. The quantitative estimate of drug-likeness (QED) is 0.912. The number of nitrogens with one attached hydrogen (secondary N) is 1. The molecule has 0 radical (unpaired) electrons. The van der Waals surface area contributed by atoms with Gasteiger partial charge in [0.1, 0.15) is 5.75 Å². The lowest BCUT2D eigenvalue weighted by Gasteiger charge is -2.27. The molecular weight excluding hydrogens is 312 g/mol. The zero-order valence-corrected chi connectivity index (χ0v) is 14.6. The van der Waals surface area contributed by atoms with E-state index >= 15 is 0 Å². The van der Waals surface area contributed by atoms with Gasteiger partial charge in [0.15, 0.2) is 6.10 Å². The molecule has 1 fully saturated rings. The Hall–Kier alpha value is -2.36. The van der Waals surface area contributed by atoms with E-state index in [9.17, 15) is 4.79 Å². The number of hydrogen-bond acceptors (Lipinski definition) is 3. The van der Waals surface area contributed by atoms with Crippen LogP contribution in [-0.2, 0) is 16.6 Å². The molecule has 1 heterocycles. The van der Waals surface area contributed by atoms with Gasteiger partial charge in [-0.3, -0.25) is 9.78 Å². The minimum atomic E-state index is -0.516. The molecule has 2 aliphatic carbocycles. The maximum Gasteiger partial charge on any atom is 0.260 e. The SMILES string of the molecule is C[C@H](Oc1cccnc1)C(=O)NC[C@H]1C[C@@]12CCCc1ccccc12. The molecule has 0 aliphatic heterocycles. The summed E-state index contributed by atoms with van der Waals surface area (Å²) in [5.74, 6) is 1.10. The second kappa shape index (κ2) is 6.51. The van der Waals surface area contributed by atoms with Gasteiger partial charge in [0.2, 0.25) is 0 Å². The monoisotopic (exact) mass is 336 g/mol. The molecule has 1 amide bonds. The summed E-state index contributed by atoms with van der Waals surface area (Å²) < 4.78 is 5.65. The first-order valence-electron chi connectivity index (χ1n) is 9.12. The van der Waals surface area contributed by atoms with E-state index in [1.807, 2.05) is 6.07 Å². The third kappa shape index (κ3) is 3.13. The van der Waals surface area contributed by atoms with Crippen molar-refractivity contribution in [3.8, 4) is 5.75 Å². The van der Waals surface area contributed by atoms with Crippen molar-refractivity contribution in [3.05, 3.63) is 59.9 Å². The van der Waals surface area contributed by atoms with Gasteiger partial charge in [0.05, 0.1) is 6.20 Å². The molecule has 2 aliphatic rings. The van der Waals surface area contributed by atoms with E-state index < -0.39 is 6.10 Å². The molecule has 3 atom stereocenters. The molecule has 1 N–H and O–H groups in total. The fraction of sp³-hybridized carbons (Fsp3) is 0.429. The Morgan fingerprint density at radius 3 is 3.08 bits per heavy atom. The van der Waals surface area contributed by atoms with Crippen LogP contribution in [0.4, 0.5) is 0 Å². The largest absolute Gasteiger partial charge is 0.479 e. The molecular formula is C21H24N2O2. The van der Waals surface area contributed by atoms with Crippen LogP contribution >= 0.6 is 0 Å². The van der Waals surface area contributed by atoms with Crippen LogP contribution in [0.1, 0.15) is 37.3 Å². The molecule has 4 heteroatoms. The van der Waals surface area contributed by atoms with Gasteiger partial charge in [0.25, 0.3) is 5.91 Å². The molecule has 4 rings (SSSR count). The van der Waals surface area contributed by atoms with Crippen LogP contribution in [0.15, 0.2) is 48.8 Å². The Bertz CT molecular complexity index is 762. The summed E-state index contributed by atoms with van der Waals surface area (Å²) in [6, 6.07) is 12.4. The Morgan fingerprint density at radius 1 is 1.36 bits per heavy atom. The van der Waals surface area contributed by atoms with Crippen LogP contribution in [0.2, 0.25) is 0 Å². The number of aromatic nitrogens is 1. The van der Waals surface area contributed by atoms with Crippen molar-refractivity contribution < 1.29 is 9.53 Å². The summed E-state index contributed by atoms with van der Waals surface area (Å²) in [7, 11) is 0. The van der Waals surface area contributed by atoms with Crippen molar-refractivity contribution in [1.29, 1.82) is 0 Å². The van der Waals surface area contributed by atoms with Crippen LogP contribution in [0, 0.1) is 5.92 Å². The number of carbonyl (C=O) groups is 1. The maximum atomic E-state index is 12.3. The zero-order chi connectivity index (χ0) is 17.3. The van der Waals surface area contributed by atoms with Crippen molar-refractivity contribution in [2.24, 2.45) is 5.92 Å². The molecule has 1 spiro atoms. The Kier molecular flexibility index (Phi) is 4.20. The van der Waals surface area contributed by atoms with Crippen LogP contribution in [0.25, 0.3) is 0 Å². The van der Waals surface area contributed by atoms with Gasteiger partial charge in [0, 0.05) is 18.2 Å². The van der Waals surface area contributed by atoms with Crippen LogP contribution in [0.3, 0.4) is 0 Å². The van der Waals surface area contributed by atoms with Gasteiger partial charge < -0.3 is 10.1 Å². The number of ether oxygens (including phenoxy) is 1.